The molecule has 8 aromatic carbocycles. The maximum atomic E-state index is 2.41. The van der Waals surface area contributed by atoms with Crippen LogP contribution in [0.15, 0.2) is 194 Å². The highest BCUT2D eigenvalue weighted by molar-refractivity contribution is 5.97. The lowest BCUT2D eigenvalue weighted by atomic mass is 9.67. The van der Waals surface area contributed by atoms with Gasteiger partial charge in [0, 0.05) is 17.1 Å². The second-order valence-corrected chi connectivity index (χ2v) is 14.3. The first-order chi connectivity index (χ1) is 26.0. The van der Waals surface area contributed by atoms with Gasteiger partial charge in [0.05, 0.1) is 5.41 Å². The summed E-state index contributed by atoms with van der Waals surface area (Å²) in [7, 11) is 0. The molecule has 0 atom stereocenters. The summed E-state index contributed by atoms with van der Waals surface area (Å²) in [5, 5.41) is 0. The Morgan fingerprint density at radius 3 is 1.62 bits per heavy atom. The molecule has 0 saturated heterocycles. The van der Waals surface area contributed by atoms with Crippen LogP contribution >= 0.6 is 0 Å². The summed E-state index contributed by atoms with van der Waals surface area (Å²) in [4.78, 5) is 2.41. The van der Waals surface area contributed by atoms with E-state index >= 15 is 0 Å². The van der Waals surface area contributed by atoms with Gasteiger partial charge in [-0.05, 0) is 129 Å². The van der Waals surface area contributed by atoms with Crippen molar-refractivity contribution in [3.8, 4) is 33.4 Å². The van der Waals surface area contributed by atoms with Crippen molar-refractivity contribution in [2.75, 3.05) is 4.90 Å². The molecule has 0 amide bonds. The third-order valence-electron chi connectivity index (χ3n) is 11.0. The van der Waals surface area contributed by atoms with Crippen LogP contribution in [0.3, 0.4) is 0 Å². The molecule has 0 N–H and O–H groups in total. The van der Waals surface area contributed by atoms with Crippen LogP contribution in [0, 0.1) is 20.8 Å². The molecule has 0 fully saturated rings. The molecule has 0 heterocycles. The van der Waals surface area contributed by atoms with Gasteiger partial charge in [0.1, 0.15) is 0 Å². The molecule has 0 unspecified atom stereocenters. The fraction of sp³-hybridized carbons (Fsp3) is 0.0769. The largest absolute Gasteiger partial charge is 0.310 e. The van der Waals surface area contributed by atoms with Crippen LogP contribution in [0.1, 0.15) is 38.9 Å². The van der Waals surface area contributed by atoms with E-state index in [1.165, 1.54) is 78.0 Å². The lowest BCUT2D eigenvalue weighted by Crippen LogP contribution is -2.28. The molecule has 254 valence electrons. The van der Waals surface area contributed by atoms with E-state index in [0.717, 1.165) is 11.4 Å². The Morgan fingerprint density at radius 2 is 0.943 bits per heavy atom. The molecule has 1 aliphatic carbocycles. The molecular formula is C52H41N. The van der Waals surface area contributed by atoms with Gasteiger partial charge in [-0.15, -0.1) is 0 Å². The predicted molar refractivity (Wildman–Crippen MR) is 224 cm³/mol. The summed E-state index contributed by atoms with van der Waals surface area (Å²) in [6.07, 6.45) is 0. The van der Waals surface area contributed by atoms with E-state index in [2.05, 4.69) is 220 Å². The molecule has 0 aromatic heterocycles. The van der Waals surface area contributed by atoms with Crippen LogP contribution in [0.2, 0.25) is 0 Å². The number of hydrogen-bond acceptors (Lipinski definition) is 1. The summed E-state index contributed by atoms with van der Waals surface area (Å²) in [6.45, 7) is 6.70. The molecular weight excluding hydrogens is 639 g/mol. The van der Waals surface area contributed by atoms with Gasteiger partial charge >= 0.3 is 0 Å². The van der Waals surface area contributed by atoms with Crippen molar-refractivity contribution in [1.82, 2.24) is 0 Å². The van der Waals surface area contributed by atoms with Gasteiger partial charge in [-0.25, -0.2) is 0 Å². The van der Waals surface area contributed by atoms with Crippen molar-refractivity contribution < 1.29 is 0 Å². The van der Waals surface area contributed by atoms with Crippen LogP contribution in [0.5, 0.6) is 0 Å². The summed E-state index contributed by atoms with van der Waals surface area (Å²) < 4.78 is 0. The smallest absolute Gasteiger partial charge is 0.0713 e. The first-order valence-corrected chi connectivity index (χ1v) is 18.5. The topological polar surface area (TPSA) is 3.24 Å². The highest BCUT2D eigenvalue weighted by atomic mass is 15.1. The van der Waals surface area contributed by atoms with E-state index in [-0.39, 0.29) is 0 Å². The molecule has 0 spiro atoms. The first kappa shape index (κ1) is 32.5. The van der Waals surface area contributed by atoms with E-state index in [1.54, 1.807) is 0 Å². The van der Waals surface area contributed by atoms with Crippen LogP contribution in [-0.2, 0) is 5.41 Å². The van der Waals surface area contributed by atoms with Crippen molar-refractivity contribution in [2.24, 2.45) is 0 Å². The predicted octanol–water partition coefficient (Wildman–Crippen LogP) is 13.8. The number of fused-ring (bicyclic) bond motifs is 3. The molecule has 0 saturated carbocycles. The van der Waals surface area contributed by atoms with Crippen LogP contribution in [0.25, 0.3) is 33.4 Å². The van der Waals surface area contributed by atoms with Crippen LogP contribution in [-0.4, -0.2) is 0 Å². The minimum Gasteiger partial charge on any atom is -0.310 e. The second-order valence-electron chi connectivity index (χ2n) is 14.3. The minimum absolute atomic E-state index is 0.429. The minimum atomic E-state index is -0.429. The standard InChI is InChI=1S/C52H41N/c1-36-17-15-24-44(33-36)53(43-31-29-40(30-32-43)39-18-7-4-8-19-39)50-35-37(2)47(34-38(50)3)45-26-16-28-49-51(45)46-25-13-14-27-48(46)52(49,41-20-9-5-10-21-41)42-22-11-6-12-23-42/h4-35H,1-3H3. The molecule has 53 heavy (non-hydrogen) atoms. The third kappa shape index (κ3) is 5.40. The Morgan fingerprint density at radius 1 is 0.377 bits per heavy atom. The number of anilines is 3. The van der Waals surface area contributed by atoms with Gasteiger partial charge in [-0.3, -0.25) is 0 Å². The quantitative estimate of drug-likeness (QED) is 0.162. The zero-order valence-electron chi connectivity index (χ0n) is 30.4. The van der Waals surface area contributed by atoms with E-state index in [4.69, 9.17) is 0 Å². The molecule has 8 aromatic rings. The molecule has 0 bridgehead atoms. The normalized spacial score (nSPS) is 12.6. The third-order valence-corrected chi connectivity index (χ3v) is 11.0. The molecule has 0 radical (unpaired) electrons. The van der Waals surface area contributed by atoms with Crippen molar-refractivity contribution in [2.45, 2.75) is 26.2 Å². The monoisotopic (exact) mass is 679 g/mol. The zero-order chi connectivity index (χ0) is 35.9. The Kier molecular flexibility index (Phi) is 8.13. The van der Waals surface area contributed by atoms with Crippen molar-refractivity contribution in [3.05, 3.63) is 233 Å². The van der Waals surface area contributed by atoms with Crippen LogP contribution < -0.4 is 4.90 Å². The Bertz CT molecular complexity index is 2530. The van der Waals surface area contributed by atoms with E-state index in [1.807, 2.05) is 0 Å². The molecule has 1 aliphatic rings. The number of nitrogens with zero attached hydrogens (tertiary/aromatic N) is 1. The Balaban J connectivity index is 1.23. The highest BCUT2D eigenvalue weighted by Crippen LogP contribution is 2.58. The van der Waals surface area contributed by atoms with E-state index in [9.17, 15) is 0 Å². The van der Waals surface area contributed by atoms with Crippen molar-refractivity contribution in [3.63, 3.8) is 0 Å². The SMILES string of the molecule is Cc1cccc(N(c2ccc(-c3ccccc3)cc2)c2cc(C)c(-c3cccc4c3-c3ccccc3C4(c3ccccc3)c3ccccc3)cc2C)c1. The van der Waals surface area contributed by atoms with Gasteiger partial charge in [0.25, 0.3) is 0 Å². The van der Waals surface area contributed by atoms with Gasteiger partial charge in [-0.2, -0.15) is 0 Å². The highest BCUT2D eigenvalue weighted by Gasteiger charge is 2.46. The van der Waals surface area contributed by atoms with Crippen molar-refractivity contribution in [1.29, 1.82) is 0 Å². The molecule has 1 heteroatoms. The average Bonchev–Trinajstić information content (AvgIpc) is 3.52. The van der Waals surface area contributed by atoms with Crippen LogP contribution in [0.4, 0.5) is 17.1 Å². The molecule has 0 aliphatic heterocycles. The maximum absolute atomic E-state index is 2.41. The Hall–Kier alpha value is -6.44. The van der Waals surface area contributed by atoms with Gasteiger partial charge in [0.15, 0.2) is 0 Å². The average molecular weight is 680 g/mol. The number of rotatable bonds is 7. The Labute approximate surface area is 313 Å². The first-order valence-electron chi connectivity index (χ1n) is 18.5. The van der Waals surface area contributed by atoms with Gasteiger partial charge in [0.2, 0.25) is 0 Å². The fourth-order valence-electron chi connectivity index (χ4n) is 8.68. The second kappa shape index (κ2) is 13.3. The van der Waals surface area contributed by atoms with Gasteiger partial charge in [-0.1, -0.05) is 158 Å². The fourth-order valence-corrected chi connectivity index (χ4v) is 8.68. The number of hydrogen-bond donors (Lipinski definition) is 0. The maximum Gasteiger partial charge on any atom is 0.0713 e. The molecule has 9 rings (SSSR count). The summed E-state index contributed by atoms with van der Waals surface area (Å²) in [5.41, 5.74) is 19.5. The lowest BCUT2D eigenvalue weighted by Gasteiger charge is -2.34. The summed E-state index contributed by atoms with van der Waals surface area (Å²) in [6, 6.07) is 71.3. The summed E-state index contributed by atoms with van der Waals surface area (Å²) in [5.74, 6) is 0. The van der Waals surface area contributed by atoms with E-state index < -0.39 is 5.41 Å². The van der Waals surface area contributed by atoms with Crippen molar-refractivity contribution >= 4 is 17.1 Å². The number of benzene rings is 8. The number of aryl methyl sites for hydroxylation is 3. The lowest BCUT2D eigenvalue weighted by molar-refractivity contribution is 0.768. The zero-order valence-corrected chi connectivity index (χ0v) is 30.4. The molecule has 1 nitrogen and oxygen atoms in total. The van der Waals surface area contributed by atoms with E-state index in [0.29, 0.717) is 0 Å². The summed E-state index contributed by atoms with van der Waals surface area (Å²) >= 11 is 0. The van der Waals surface area contributed by atoms with Gasteiger partial charge < -0.3 is 4.90 Å².